The molecule has 0 saturated heterocycles. The summed E-state index contributed by atoms with van der Waals surface area (Å²) >= 11 is 1.09. The van der Waals surface area contributed by atoms with Crippen LogP contribution in [-0.4, -0.2) is 44.1 Å². The standard InChI is InChI=1S/C16H20N6O4S/c1-10(2)19-14(23)6-7-17-15(24)11-4-5-13(12(8-11)22(25)26)27-16-20-18-9-21(16)3/h4-5,8-10H,6-7H2,1-3H3,(H,17,24)(H,19,23). The highest BCUT2D eigenvalue weighted by Gasteiger charge is 2.20. The van der Waals surface area contributed by atoms with Gasteiger partial charge in [0.2, 0.25) is 5.91 Å². The Hall–Kier alpha value is -2.95. The molecule has 1 aromatic carbocycles. The number of amides is 2. The summed E-state index contributed by atoms with van der Waals surface area (Å²) in [5, 5.41) is 24.8. The Bertz CT molecular complexity index is 851. The van der Waals surface area contributed by atoms with Gasteiger partial charge < -0.3 is 15.2 Å². The van der Waals surface area contributed by atoms with Crippen LogP contribution in [0.25, 0.3) is 0 Å². The molecule has 2 amide bonds. The van der Waals surface area contributed by atoms with E-state index in [2.05, 4.69) is 20.8 Å². The van der Waals surface area contributed by atoms with Crippen LogP contribution in [-0.2, 0) is 11.8 Å². The van der Waals surface area contributed by atoms with Gasteiger partial charge in [0, 0.05) is 37.7 Å². The highest BCUT2D eigenvalue weighted by Crippen LogP contribution is 2.34. The van der Waals surface area contributed by atoms with E-state index in [0.717, 1.165) is 11.8 Å². The third-order valence-electron chi connectivity index (χ3n) is 3.38. The van der Waals surface area contributed by atoms with Crippen molar-refractivity contribution in [3.63, 3.8) is 0 Å². The van der Waals surface area contributed by atoms with Crippen molar-refractivity contribution in [1.82, 2.24) is 25.4 Å². The number of hydrogen-bond acceptors (Lipinski definition) is 7. The summed E-state index contributed by atoms with van der Waals surface area (Å²) in [6.45, 7) is 3.83. The number of carbonyl (C=O) groups is 2. The van der Waals surface area contributed by atoms with Crippen LogP contribution in [0.15, 0.2) is 34.6 Å². The predicted octanol–water partition coefficient (Wildman–Crippen LogP) is 1.52. The second-order valence-corrected chi connectivity index (χ2v) is 7.00. The lowest BCUT2D eigenvalue weighted by Gasteiger charge is -2.09. The second-order valence-electron chi connectivity index (χ2n) is 5.99. The molecule has 0 atom stereocenters. The summed E-state index contributed by atoms with van der Waals surface area (Å²) in [7, 11) is 1.73. The molecular formula is C16H20N6O4S. The molecule has 0 spiro atoms. The van der Waals surface area contributed by atoms with Crippen LogP contribution in [0.2, 0.25) is 0 Å². The Labute approximate surface area is 159 Å². The van der Waals surface area contributed by atoms with Gasteiger partial charge in [-0.25, -0.2) is 0 Å². The molecule has 11 heteroatoms. The lowest BCUT2D eigenvalue weighted by atomic mass is 10.2. The first-order valence-electron chi connectivity index (χ1n) is 8.15. The average Bonchev–Trinajstić information content (AvgIpc) is 2.99. The van der Waals surface area contributed by atoms with Gasteiger partial charge in [-0.1, -0.05) is 0 Å². The van der Waals surface area contributed by atoms with E-state index < -0.39 is 10.8 Å². The molecular weight excluding hydrogens is 372 g/mol. The summed E-state index contributed by atoms with van der Waals surface area (Å²) in [6, 6.07) is 4.23. The lowest BCUT2D eigenvalue weighted by Crippen LogP contribution is -2.34. The smallest absolute Gasteiger partial charge is 0.284 e. The number of carbonyl (C=O) groups excluding carboxylic acids is 2. The minimum atomic E-state index is -0.550. The van der Waals surface area contributed by atoms with Crippen LogP contribution in [0.5, 0.6) is 0 Å². The summed E-state index contributed by atoms with van der Waals surface area (Å²) < 4.78 is 1.64. The fourth-order valence-electron chi connectivity index (χ4n) is 2.14. The van der Waals surface area contributed by atoms with E-state index in [0.29, 0.717) is 10.1 Å². The first kappa shape index (κ1) is 20.4. The van der Waals surface area contributed by atoms with E-state index in [9.17, 15) is 19.7 Å². The molecule has 0 unspecified atom stereocenters. The van der Waals surface area contributed by atoms with Gasteiger partial charge in [0.05, 0.1) is 9.82 Å². The van der Waals surface area contributed by atoms with E-state index in [-0.39, 0.29) is 36.2 Å². The maximum Gasteiger partial charge on any atom is 0.284 e. The van der Waals surface area contributed by atoms with E-state index >= 15 is 0 Å². The molecule has 0 radical (unpaired) electrons. The largest absolute Gasteiger partial charge is 0.354 e. The normalized spacial score (nSPS) is 10.7. The van der Waals surface area contributed by atoms with Crippen molar-refractivity contribution in [2.45, 2.75) is 36.4 Å². The van der Waals surface area contributed by atoms with Crippen molar-refractivity contribution in [2.24, 2.45) is 7.05 Å². The first-order valence-corrected chi connectivity index (χ1v) is 8.97. The lowest BCUT2D eigenvalue weighted by molar-refractivity contribution is -0.387. The van der Waals surface area contributed by atoms with E-state index in [1.807, 2.05) is 13.8 Å². The Kier molecular flexibility index (Phi) is 6.88. The number of aromatic nitrogens is 3. The molecule has 0 saturated carbocycles. The second kappa shape index (κ2) is 9.12. The SMILES string of the molecule is CC(C)NC(=O)CCNC(=O)c1ccc(Sc2nncn2C)c([N+](=O)[O-])c1. The fraction of sp³-hybridized carbons (Fsp3) is 0.375. The number of nitro benzene ring substituents is 1. The average molecular weight is 392 g/mol. The van der Waals surface area contributed by atoms with Gasteiger partial charge in [-0.3, -0.25) is 19.7 Å². The third kappa shape index (κ3) is 5.78. The van der Waals surface area contributed by atoms with E-state index in [1.165, 1.54) is 24.5 Å². The van der Waals surface area contributed by atoms with Crippen LogP contribution in [0.4, 0.5) is 5.69 Å². The molecule has 0 fully saturated rings. The van der Waals surface area contributed by atoms with E-state index in [4.69, 9.17) is 0 Å². The number of aryl methyl sites for hydroxylation is 1. The van der Waals surface area contributed by atoms with Crippen molar-refractivity contribution in [2.75, 3.05) is 6.54 Å². The number of nitrogens with zero attached hydrogens (tertiary/aromatic N) is 4. The van der Waals surface area contributed by atoms with Crippen molar-refractivity contribution >= 4 is 29.3 Å². The number of nitro groups is 1. The van der Waals surface area contributed by atoms with Crippen LogP contribution in [0, 0.1) is 10.1 Å². The van der Waals surface area contributed by atoms with Gasteiger partial charge in [0.25, 0.3) is 11.6 Å². The zero-order valence-corrected chi connectivity index (χ0v) is 15.9. The van der Waals surface area contributed by atoms with Crippen LogP contribution < -0.4 is 10.6 Å². The molecule has 0 aliphatic carbocycles. The summed E-state index contributed by atoms with van der Waals surface area (Å²) in [5.41, 5.74) is -0.0542. The zero-order chi connectivity index (χ0) is 20.0. The van der Waals surface area contributed by atoms with Crippen molar-refractivity contribution in [1.29, 1.82) is 0 Å². The van der Waals surface area contributed by atoms with Crippen LogP contribution >= 0.6 is 11.8 Å². The fourth-order valence-corrected chi connectivity index (χ4v) is 2.99. The minimum Gasteiger partial charge on any atom is -0.354 e. The molecule has 0 aliphatic heterocycles. The molecule has 0 bridgehead atoms. The Morgan fingerprint density at radius 1 is 1.37 bits per heavy atom. The van der Waals surface area contributed by atoms with Gasteiger partial charge in [-0.15, -0.1) is 10.2 Å². The van der Waals surface area contributed by atoms with Crippen LogP contribution in [0.1, 0.15) is 30.6 Å². The third-order valence-corrected chi connectivity index (χ3v) is 4.49. The van der Waals surface area contributed by atoms with Gasteiger partial charge in [0.1, 0.15) is 6.33 Å². The monoisotopic (exact) mass is 392 g/mol. The molecule has 1 heterocycles. The Balaban J connectivity index is 2.06. The minimum absolute atomic E-state index is 0.0230. The molecule has 2 aromatic rings. The van der Waals surface area contributed by atoms with Crippen molar-refractivity contribution in [3.8, 4) is 0 Å². The molecule has 0 aliphatic rings. The van der Waals surface area contributed by atoms with Gasteiger partial charge >= 0.3 is 0 Å². The number of benzene rings is 1. The first-order chi connectivity index (χ1) is 12.8. The topological polar surface area (TPSA) is 132 Å². The number of rotatable bonds is 8. The number of hydrogen-bond donors (Lipinski definition) is 2. The summed E-state index contributed by atoms with van der Waals surface area (Å²) in [5.74, 6) is -0.655. The van der Waals surface area contributed by atoms with Gasteiger partial charge in [-0.05, 0) is 37.7 Å². The summed E-state index contributed by atoms with van der Waals surface area (Å²) in [6.07, 6.45) is 1.62. The highest BCUT2D eigenvalue weighted by atomic mass is 32.2. The maximum atomic E-state index is 12.2. The quantitative estimate of drug-likeness (QED) is 0.514. The van der Waals surface area contributed by atoms with Crippen LogP contribution in [0.3, 0.4) is 0 Å². The van der Waals surface area contributed by atoms with Gasteiger partial charge in [-0.2, -0.15) is 0 Å². The summed E-state index contributed by atoms with van der Waals surface area (Å²) in [4.78, 5) is 35.0. The predicted molar refractivity (Wildman–Crippen MR) is 98.5 cm³/mol. The Morgan fingerprint density at radius 3 is 2.70 bits per heavy atom. The maximum absolute atomic E-state index is 12.2. The Morgan fingerprint density at radius 2 is 2.11 bits per heavy atom. The molecule has 2 rings (SSSR count). The molecule has 2 N–H and O–H groups in total. The van der Waals surface area contributed by atoms with Gasteiger partial charge in [0.15, 0.2) is 5.16 Å². The number of nitrogens with one attached hydrogen (secondary N) is 2. The molecule has 10 nitrogen and oxygen atoms in total. The van der Waals surface area contributed by atoms with Crippen molar-refractivity contribution < 1.29 is 14.5 Å². The zero-order valence-electron chi connectivity index (χ0n) is 15.1. The molecule has 27 heavy (non-hydrogen) atoms. The van der Waals surface area contributed by atoms with Crippen molar-refractivity contribution in [3.05, 3.63) is 40.2 Å². The molecule has 144 valence electrons. The molecule has 1 aromatic heterocycles. The van der Waals surface area contributed by atoms with E-state index in [1.54, 1.807) is 11.6 Å². The highest BCUT2D eigenvalue weighted by molar-refractivity contribution is 7.99.